The number of rotatable bonds is 7. The van der Waals surface area contributed by atoms with E-state index in [-0.39, 0.29) is 6.04 Å². The maximum Gasteiger partial charge on any atom is 0.0998 e. The molecular formula is C26H24N4S. The van der Waals surface area contributed by atoms with Crippen LogP contribution in [0, 0.1) is 29.6 Å². The highest BCUT2D eigenvalue weighted by atomic mass is 32.2. The molecule has 0 bridgehead atoms. The topological polar surface area (TPSA) is 85.6 Å². The lowest BCUT2D eigenvalue weighted by atomic mass is 9.92. The van der Waals surface area contributed by atoms with Crippen molar-refractivity contribution in [1.29, 1.82) is 10.5 Å². The molecule has 31 heavy (non-hydrogen) atoms. The van der Waals surface area contributed by atoms with Gasteiger partial charge in [0.15, 0.2) is 0 Å². The molecule has 0 amide bonds. The molecule has 1 atom stereocenters. The molecule has 5 heteroatoms. The zero-order valence-electron chi connectivity index (χ0n) is 17.6. The minimum absolute atomic E-state index is 0.119. The molecular weight excluding hydrogens is 400 g/mol. The molecule has 3 N–H and O–H groups in total. The quantitative estimate of drug-likeness (QED) is 0.530. The van der Waals surface area contributed by atoms with Crippen LogP contribution in [0.2, 0.25) is 0 Å². The molecule has 0 aliphatic heterocycles. The molecule has 0 saturated carbocycles. The number of nitrogens with two attached hydrogens (primary N) is 1. The van der Waals surface area contributed by atoms with Gasteiger partial charge in [0.05, 0.1) is 29.3 Å². The number of nitrogens with one attached hydrogen (secondary N) is 1. The summed E-state index contributed by atoms with van der Waals surface area (Å²) in [6.45, 7) is 2.67. The Labute approximate surface area is 188 Å². The Bertz CT molecular complexity index is 1170. The normalized spacial score (nSPS) is 12.1. The fraction of sp³-hybridized carbons (Fsp3) is 0.154. The van der Waals surface area contributed by atoms with E-state index in [1.54, 1.807) is 18.0 Å². The molecule has 4 nitrogen and oxygen atoms in total. The van der Waals surface area contributed by atoms with E-state index < -0.39 is 0 Å². The zero-order chi connectivity index (χ0) is 22.2. The van der Waals surface area contributed by atoms with E-state index in [9.17, 15) is 5.26 Å². The van der Waals surface area contributed by atoms with Crippen molar-refractivity contribution in [1.82, 2.24) is 5.32 Å². The summed E-state index contributed by atoms with van der Waals surface area (Å²) < 4.78 is 0. The number of benzene rings is 3. The first-order valence-corrected chi connectivity index (χ1v) is 11.1. The third-order valence-electron chi connectivity index (χ3n) is 5.21. The van der Waals surface area contributed by atoms with Crippen LogP contribution in [-0.4, -0.2) is 6.26 Å². The van der Waals surface area contributed by atoms with E-state index in [4.69, 9.17) is 11.0 Å². The lowest BCUT2D eigenvalue weighted by Crippen LogP contribution is -2.22. The van der Waals surface area contributed by atoms with E-state index in [1.165, 1.54) is 0 Å². The van der Waals surface area contributed by atoms with Crippen LogP contribution in [0.3, 0.4) is 0 Å². The molecule has 0 heterocycles. The van der Waals surface area contributed by atoms with Gasteiger partial charge in [0.2, 0.25) is 0 Å². The molecule has 1 unspecified atom stereocenters. The molecule has 0 saturated heterocycles. The summed E-state index contributed by atoms with van der Waals surface area (Å²) in [4.78, 5) is 0.995. The monoisotopic (exact) mass is 424 g/mol. The Morgan fingerprint density at radius 1 is 1.03 bits per heavy atom. The number of aryl methyl sites for hydroxylation is 1. The smallest absolute Gasteiger partial charge is 0.0998 e. The first-order valence-electron chi connectivity index (χ1n) is 9.89. The highest BCUT2D eigenvalue weighted by Crippen LogP contribution is 2.34. The molecule has 0 fully saturated rings. The first kappa shape index (κ1) is 22.2. The van der Waals surface area contributed by atoms with Gasteiger partial charge in [-0.15, -0.1) is 11.8 Å². The van der Waals surface area contributed by atoms with E-state index in [0.29, 0.717) is 17.7 Å². The number of hydrogen-bond acceptors (Lipinski definition) is 5. The second kappa shape index (κ2) is 10.5. The van der Waals surface area contributed by atoms with Crippen LogP contribution in [0.25, 0.3) is 11.1 Å². The van der Waals surface area contributed by atoms with Crippen molar-refractivity contribution >= 4 is 11.8 Å². The van der Waals surface area contributed by atoms with Crippen molar-refractivity contribution in [3.05, 3.63) is 106 Å². The standard InChI is InChI=1S/C26H24N4S/c1-18-5-3-4-6-23(18)24-13-21(11-12-22(24)15-28)26(25(16-29)31-2)30-17-20-9-7-19(14-27)8-10-20/h3-13,16,26,30H,17,29H2,1-2H3/b25-16-. The molecule has 0 radical (unpaired) electrons. The molecule has 0 spiro atoms. The second-order valence-electron chi connectivity index (χ2n) is 7.13. The van der Waals surface area contributed by atoms with Gasteiger partial charge in [-0.05, 0) is 59.7 Å². The maximum atomic E-state index is 9.67. The Morgan fingerprint density at radius 2 is 1.77 bits per heavy atom. The van der Waals surface area contributed by atoms with E-state index in [1.807, 2.05) is 60.9 Å². The van der Waals surface area contributed by atoms with Gasteiger partial charge in [-0.1, -0.05) is 42.5 Å². The van der Waals surface area contributed by atoms with Crippen molar-refractivity contribution in [2.75, 3.05) is 6.26 Å². The van der Waals surface area contributed by atoms with Gasteiger partial charge in [0, 0.05) is 23.2 Å². The minimum Gasteiger partial charge on any atom is -0.404 e. The second-order valence-corrected chi connectivity index (χ2v) is 8.01. The Morgan fingerprint density at radius 3 is 2.39 bits per heavy atom. The summed E-state index contributed by atoms with van der Waals surface area (Å²) >= 11 is 1.59. The number of nitrogens with zero attached hydrogens (tertiary/aromatic N) is 2. The van der Waals surface area contributed by atoms with Gasteiger partial charge in [-0.3, -0.25) is 0 Å². The summed E-state index contributed by atoms with van der Waals surface area (Å²) in [7, 11) is 0. The van der Waals surface area contributed by atoms with Crippen molar-refractivity contribution in [3.8, 4) is 23.3 Å². The largest absolute Gasteiger partial charge is 0.404 e. The predicted octanol–water partition coefficient (Wildman–Crippen LogP) is 5.40. The number of hydrogen-bond donors (Lipinski definition) is 2. The fourth-order valence-corrected chi connectivity index (χ4v) is 4.11. The molecule has 0 aliphatic rings. The molecule has 3 aromatic carbocycles. The van der Waals surface area contributed by atoms with Crippen LogP contribution >= 0.6 is 11.8 Å². The Kier molecular flexibility index (Phi) is 7.51. The van der Waals surface area contributed by atoms with Crippen LogP contribution < -0.4 is 11.1 Å². The van der Waals surface area contributed by atoms with Crippen LogP contribution in [-0.2, 0) is 6.54 Å². The summed E-state index contributed by atoms with van der Waals surface area (Å²) in [5, 5.41) is 22.3. The van der Waals surface area contributed by atoms with E-state index in [0.717, 1.165) is 32.7 Å². The van der Waals surface area contributed by atoms with Gasteiger partial charge in [-0.25, -0.2) is 0 Å². The van der Waals surface area contributed by atoms with Crippen LogP contribution in [0.15, 0.2) is 77.8 Å². The van der Waals surface area contributed by atoms with Gasteiger partial charge in [0.1, 0.15) is 0 Å². The third kappa shape index (κ3) is 5.16. The van der Waals surface area contributed by atoms with Crippen molar-refractivity contribution < 1.29 is 0 Å². The highest BCUT2D eigenvalue weighted by Gasteiger charge is 2.18. The SMILES string of the molecule is CS/C(=C\N)C(NCc1ccc(C#N)cc1)c1ccc(C#N)c(-c2ccccc2C)c1. The van der Waals surface area contributed by atoms with Crippen molar-refractivity contribution in [2.24, 2.45) is 5.73 Å². The number of thioether (sulfide) groups is 1. The zero-order valence-corrected chi connectivity index (χ0v) is 18.4. The van der Waals surface area contributed by atoms with Gasteiger partial charge >= 0.3 is 0 Å². The van der Waals surface area contributed by atoms with Gasteiger partial charge < -0.3 is 11.1 Å². The molecule has 3 aromatic rings. The first-order chi connectivity index (χ1) is 15.1. The summed E-state index contributed by atoms with van der Waals surface area (Å²) in [5.74, 6) is 0. The Balaban J connectivity index is 1.99. The maximum absolute atomic E-state index is 9.67. The third-order valence-corrected chi connectivity index (χ3v) is 6.05. The molecule has 3 rings (SSSR count). The lowest BCUT2D eigenvalue weighted by Gasteiger charge is -2.22. The van der Waals surface area contributed by atoms with E-state index in [2.05, 4.69) is 36.5 Å². The average molecular weight is 425 g/mol. The Hall–Kier alpha value is -3.51. The van der Waals surface area contributed by atoms with Crippen molar-refractivity contribution in [3.63, 3.8) is 0 Å². The van der Waals surface area contributed by atoms with E-state index >= 15 is 0 Å². The predicted molar refractivity (Wildman–Crippen MR) is 128 cm³/mol. The van der Waals surface area contributed by atoms with Crippen LogP contribution in [0.5, 0.6) is 0 Å². The van der Waals surface area contributed by atoms with Crippen LogP contribution in [0.1, 0.15) is 33.9 Å². The average Bonchev–Trinajstić information content (AvgIpc) is 2.82. The highest BCUT2D eigenvalue weighted by molar-refractivity contribution is 8.02. The molecule has 0 aromatic heterocycles. The van der Waals surface area contributed by atoms with Crippen molar-refractivity contribution in [2.45, 2.75) is 19.5 Å². The minimum atomic E-state index is -0.119. The molecule has 0 aliphatic carbocycles. The van der Waals surface area contributed by atoms with Gasteiger partial charge in [0.25, 0.3) is 0 Å². The summed E-state index contributed by atoms with van der Waals surface area (Å²) in [5.41, 5.74) is 12.4. The molecule has 154 valence electrons. The van der Waals surface area contributed by atoms with Crippen LogP contribution in [0.4, 0.5) is 0 Å². The van der Waals surface area contributed by atoms with Gasteiger partial charge in [-0.2, -0.15) is 10.5 Å². The number of nitriles is 2. The summed E-state index contributed by atoms with van der Waals surface area (Å²) in [6, 6.07) is 25.9. The lowest BCUT2D eigenvalue weighted by molar-refractivity contribution is 0.614. The fourth-order valence-electron chi connectivity index (χ4n) is 3.52. The summed E-state index contributed by atoms with van der Waals surface area (Å²) in [6.07, 6.45) is 3.63.